The molecule has 21 heavy (non-hydrogen) atoms. The first-order valence-corrected chi connectivity index (χ1v) is 6.68. The standard InChI is InChI=1S/C16H20N2O3/c1-11-7-13(8-12(2)15(11)19)9-14(10-17)16(20)18-5-4-6-21-3/h7-9,19H,4-6H2,1-3H3,(H,18,20)/b14-9+. The van der Waals surface area contributed by atoms with Crippen LogP contribution in [0.4, 0.5) is 0 Å². The molecule has 0 aliphatic carbocycles. The Bertz CT molecular complexity index is 563. The molecule has 0 unspecified atom stereocenters. The monoisotopic (exact) mass is 288 g/mol. The Balaban J connectivity index is 2.84. The Morgan fingerprint density at radius 3 is 2.57 bits per heavy atom. The molecule has 0 saturated heterocycles. The summed E-state index contributed by atoms with van der Waals surface area (Å²) in [6.07, 6.45) is 2.21. The topological polar surface area (TPSA) is 82.3 Å². The molecule has 0 bridgehead atoms. The molecular formula is C16H20N2O3. The second-order valence-corrected chi connectivity index (χ2v) is 4.78. The lowest BCUT2D eigenvalue weighted by molar-refractivity contribution is -0.117. The van der Waals surface area contributed by atoms with E-state index in [0.29, 0.717) is 36.3 Å². The molecule has 0 radical (unpaired) electrons. The number of aromatic hydroxyl groups is 1. The molecule has 1 aromatic rings. The van der Waals surface area contributed by atoms with Crippen LogP contribution in [0.15, 0.2) is 17.7 Å². The van der Waals surface area contributed by atoms with Gasteiger partial charge < -0.3 is 15.2 Å². The minimum absolute atomic E-state index is 0.0388. The van der Waals surface area contributed by atoms with Gasteiger partial charge in [0.25, 0.3) is 5.91 Å². The second kappa shape index (κ2) is 8.08. The third-order valence-electron chi connectivity index (χ3n) is 3.00. The Hall–Kier alpha value is -2.32. The van der Waals surface area contributed by atoms with Gasteiger partial charge in [-0.1, -0.05) is 0 Å². The van der Waals surface area contributed by atoms with E-state index in [1.54, 1.807) is 33.1 Å². The minimum Gasteiger partial charge on any atom is -0.507 e. The van der Waals surface area contributed by atoms with Gasteiger partial charge >= 0.3 is 0 Å². The fraction of sp³-hybridized carbons (Fsp3) is 0.375. The molecule has 0 atom stereocenters. The number of carbonyl (C=O) groups excluding carboxylic acids is 1. The van der Waals surface area contributed by atoms with Gasteiger partial charge in [0.05, 0.1) is 0 Å². The van der Waals surface area contributed by atoms with Crippen molar-refractivity contribution in [2.75, 3.05) is 20.3 Å². The first kappa shape index (κ1) is 16.7. The van der Waals surface area contributed by atoms with Gasteiger partial charge in [-0.2, -0.15) is 5.26 Å². The summed E-state index contributed by atoms with van der Waals surface area (Å²) in [5.41, 5.74) is 2.17. The molecule has 112 valence electrons. The number of amides is 1. The van der Waals surface area contributed by atoms with E-state index in [0.717, 1.165) is 0 Å². The molecular weight excluding hydrogens is 268 g/mol. The van der Waals surface area contributed by atoms with Crippen LogP contribution in [0.5, 0.6) is 5.75 Å². The number of phenolic OH excluding ortho intramolecular Hbond substituents is 1. The van der Waals surface area contributed by atoms with Crippen LogP contribution in [0, 0.1) is 25.2 Å². The van der Waals surface area contributed by atoms with E-state index in [2.05, 4.69) is 5.32 Å². The number of hydrogen-bond donors (Lipinski definition) is 2. The van der Waals surface area contributed by atoms with Crippen LogP contribution in [0.3, 0.4) is 0 Å². The summed E-state index contributed by atoms with van der Waals surface area (Å²) in [6, 6.07) is 5.37. The summed E-state index contributed by atoms with van der Waals surface area (Å²) < 4.78 is 4.89. The van der Waals surface area contributed by atoms with Crippen molar-refractivity contribution in [3.8, 4) is 11.8 Å². The van der Waals surface area contributed by atoms with Gasteiger partial charge in [0, 0.05) is 20.3 Å². The van der Waals surface area contributed by atoms with Crippen LogP contribution in [-0.4, -0.2) is 31.3 Å². The number of aryl methyl sites for hydroxylation is 2. The number of carbonyl (C=O) groups is 1. The fourth-order valence-corrected chi connectivity index (χ4v) is 1.90. The number of phenols is 1. The van der Waals surface area contributed by atoms with E-state index in [4.69, 9.17) is 10.00 Å². The lowest BCUT2D eigenvalue weighted by Crippen LogP contribution is -2.26. The lowest BCUT2D eigenvalue weighted by Gasteiger charge is -2.06. The quantitative estimate of drug-likeness (QED) is 0.477. The van der Waals surface area contributed by atoms with Gasteiger partial charge in [0.1, 0.15) is 17.4 Å². The molecule has 2 N–H and O–H groups in total. The van der Waals surface area contributed by atoms with E-state index in [1.807, 2.05) is 6.07 Å². The molecule has 1 rings (SSSR count). The van der Waals surface area contributed by atoms with Crippen molar-refractivity contribution < 1.29 is 14.6 Å². The van der Waals surface area contributed by atoms with Crippen LogP contribution < -0.4 is 5.32 Å². The number of ether oxygens (including phenoxy) is 1. The average molecular weight is 288 g/mol. The first-order valence-electron chi connectivity index (χ1n) is 6.68. The summed E-state index contributed by atoms with van der Waals surface area (Å²) in [7, 11) is 1.60. The maximum atomic E-state index is 11.9. The molecule has 1 amide bonds. The van der Waals surface area contributed by atoms with Gasteiger partial charge in [0.2, 0.25) is 0 Å². The van der Waals surface area contributed by atoms with Gasteiger partial charge in [-0.05, 0) is 55.2 Å². The van der Waals surface area contributed by atoms with Crippen molar-refractivity contribution in [3.63, 3.8) is 0 Å². The number of hydrogen-bond acceptors (Lipinski definition) is 4. The van der Waals surface area contributed by atoms with Crippen LogP contribution in [-0.2, 0) is 9.53 Å². The smallest absolute Gasteiger partial charge is 0.261 e. The number of rotatable bonds is 6. The van der Waals surface area contributed by atoms with Crippen LogP contribution in [0.2, 0.25) is 0 Å². The second-order valence-electron chi connectivity index (χ2n) is 4.78. The van der Waals surface area contributed by atoms with E-state index in [9.17, 15) is 9.90 Å². The van der Waals surface area contributed by atoms with E-state index < -0.39 is 5.91 Å². The van der Waals surface area contributed by atoms with Crippen molar-refractivity contribution in [1.82, 2.24) is 5.32 Å². The van der Waals surface area contributed by atoms with Gasteiger partial charge in [-0.15, -0.1) is 0 Å². The predicted molar refractivity (Wildman–Crippen MR) is 80.7 cm³/mol. The summed E-state index contributed by atoms with van der Waals surface area (Å²) in [6.45, 7) is 4.56. The number of nitrogens with zero attached hydrogens (tertiary/aromatic N) is 1. The number of benzene rings is 1. The first-order chi connectivity index (χ1) is 9.99. The van der Waals surface area contributed by atoms with Gasteiger partial charge in [-0.25, -0.2) is 0 Å². The molecule has 5 nitrogen and oxygen atoms in total. The summed E-state index contributed by atoms with van der Waals surface area (Å²) >= 11 is 0. The van der Waals surface area contributed by atoms with Crippen LogP contribution in [0.1, 0.15) is 23.1 Å². The predicted octanol–water partition coefficient (Wildman–Crippen LogP) is 2.07. The van der Waals surface area contributed by atoms with Crippen LogP contribution >= 0.6 is 0 Å². The molecule has 0 heterocycles. The Labute approximate surface area is 124 Å². The number of nitrogens with one attached hydrogen (secondary N) is 1. The third-order valence-corrected chi connectivity index (χ3v) is 3.00. The number of methoxy groups -OCH3 is 1. The molecule has 0 fully saturated rings. The minimum atomic E-state index is -0.406. The largest absolute Gasteiger partial charge is 0.507 e. The zero-order chi connectivity index (χ0) is 15.8. The van der Waals surface area contributed by atoms with Gasteiger partial charge in [-0.3, -0.25) is 4.79 Å². The Morgan fingerprint density at radius 2 is 2.05 bits per heavy atom. The molecule has 5 heteroatoms. The van der Waals surface area contributed by atoms with Crippen LogP contribution in [0.25, 0.3) is 6.08 Å². The highest BCUT2D eigenvalue weighted by Crippen LogP contribution is 2.24. The van der Waals surface area contributed by atoms with E-state index >= 15 is 0 Å². The highest BCUT2D eigenvalue weighted by Gasteiger charge is 2.09. The van der Waals surface area contributed by atoms with Crippen molar-refractivity contribution in [2.24, 2.45) is 0 Å². The van der Waals surface area contributed by atoms with Crippen molar-refractivity contribution >= 4 is 12.0 Å². The van der Waals surface area contributed by atoms with Crippen molar-refractivity contribution in [1.29, 1.82) is 5.26 Å². The maximum absolute atomic E-state index is 11.9. The molecule has 0 aliphatic rings. The molecule has 1 aromatic carbocycles. The summed E-state index contributed by atoms with van der Waals surface area (Å²) in [5, 5.41) is 21.5. The SMILES string of the molecule is COCCCNC(=O)/C(C#N)=C/c1cc(C)c(O)c(C)c1. The van der Waals surface area contributed by atoms with Gasteiger partial charge in [0.15, 0.2) is 0 Å². The summed E-state index contributed by atoms with van der Waals surface area (Å²) in [5.74, 6) is -0.174. The fourth-order valence-electron chi connectivity index (χ4n) is 1.90. The maximum Gasteiger partial charge on any atom is 0.261 e. The summed E-state index contributed by atoms with van der Waals surface area (Å²) in [4.78, 5) is 11.9. The molecule has 0 saturated carbocycles. The molecule has 0 aliphatic heterocycles. The zero-order valence-electron chi connectivity index (χ0n) is 12.6. The zero-order valence-corrected chi connectivity index (χ0v) is 12.6. The van der Waals surface area contributed by atoms with Crippen molar-refractivity contribution in [3.05, 3.63) is 34.4 Å². The molecule has 0 spiro atoms. The Kier molecular flexibility index (Phi) is 6.44. The van der Waals surface area contributed by atoms with Crippen molar-refractivity contribution in [2.45, 2.75) is 20.3 Å². The highest BCUT2D eigenvalue weighted by molar-refractivity contribution is 6.01. The molecule has 0 aromatic heterocycles. The average Bonchev–Trinajstić information content (AvgIpc) is 2.46. The van der Waals surface area contributed by atoms with E-state index in [-0.39, 0.29) is 11.3 Å². The normalized spacial score (nSPS) is 11.0. The van der Waals surface area contributed by atoms with E-state index in [1.165, 1.54) is 6.08 Å². The lowest BCUT2D eigenvalue weighted by atomic mass is 10.0. The number of nitriles is 1. The highest BCUT2D eigenvalue weighted by atomic mass is 16.5. The Morgan fingerprint density at radius 1 is 1.43 bits per heavy atom. The third kappa shape index (κ3) is 4.93.